The third kappa shape index (κ3) is 3.97. The molecule has 3 rings (SSSR count). The first-order valence-corrected chi connectivity index (χ1v) is 8.37. The van der Waals surface area contributed by atoms with Gasteiger partial charge in [-0.15, -0.1) is 5.10 Å². The fourth-order valence-corrected chi connectivity index (χ4v) is 3.12. The number of nitrogens with zero attached hydrogens (tertiary/aromatic N) is 5. The summed E-state index contributed by atoms with van der Waals surface area (Å²) < 4.78 is 1.87. The van der Waals surface area contributed by atoms with Crippen LogP contribution in [0.25, 0.3) is 0 Å². The average Bonchev–Trinajstić information content (AvgIpc) is 3.02. The van der Waals surface area contributed by atoms with Gasteiger partial charge in [0.1, 0.15) is 5.82 Å². The number of Topliss-reactive ketones (excluding diaryl/α,β-unsaturated/α-hetero) is 1. The number of aliphatic hydroxyl groups is 1. The summed E-state index contributed by atoms with van der Waals surface area (Å²) in [6, 6.07) is 3.76. The second kappa shape index (κ2) is 7.53. The van der Waals surface area contributed by atoms with E-state index in [2.05, 4.69) is 20.2 Å². The number of hydrogen-bond acceptors (Lipinski definition) is 6. The molecule has 1 N–H and O–H groups in total. The molecule has 1 unspecified atom stereocenters. The molecule has 1 aliphatic rings. The van der Waals surface area contributed by atoms with Crippen LogP contribution in [-0.2, 0) is 13.0 Å². The van der Waals surface area contributed by atoms with Crippen molar-refractivity contribution in [3.8, 4) is 0 Å². The summed E-state index contributed by atoms with van der Waals surface area (Å²) in [6.45, 7) is 4.37. The third-order valence-corrected chi connectivity index (χ3v) is 4.40. The Hall–Kier alpha value is -2.28. The smallest absolute Gasteiger partial charge is 0.161 e. The number of rotatable bonds is 6. The van der Waals surface area contributed by atoms with Crippen LogP contribution < -0.4 is 4.90 Å². The zero-order valence-corrected chi connectivity index (χ0v) is 13.9. The number of ketones is 1. The Balaban J connectivity index is 1.62. The number of piperidine rings is 1. The van der Waals surface area contributed by atoms with Crippen LogP contribution in [0, 0.1) is 5.92 Å². The maximum Gasteiger partial charge on any atom is 0.161 e. The second-order valence-corrected chi connectivity index (χ2v) is 6.32. The summed E-state index contributed by atoms with van der Waals surface area (Å²) in [4.78, 5) is 18.1. The highest BCUT2D eigenvalue weighted by molar-refractivity contribution is 5.93. The minimum absolute atomic E-state index is 0.0374. The van der Waals surface area contributed by atoms with Gasteiger partial charge in [0, 0.05) is 50.6 Å². The van der Waals surface area contributed by atoms with E-state index in [4.69, 9.17) is 5.11 Å². The maximum atomic E-state index is 11.4. The largest absolute Gasteiger partial charge is 0.396 e. The fraction of sp³-hybridized carbons (Fsp3) is 0.529. The Morgan fingerprint density at radius 3 is 3.00 bits per heavy atom. The minimum atomic E-state index is 0.0374. The van der Waals surface area contributed by atoms with Crippen molar-refractivity contribution in [2.75, 3.05) is 24.6 Å². The van der Waals surface area contributed by atoms with Gasteiger partial charge in [-0.05, 0) is 37.8 Å². The molecule has 0 aromatic carbocycles. The molecule has 24 heavy (non-hydrogen) atoms. The Morgan fingerprint density at radius 2 is 2.29 bits per heavy atom. The van der Waals surface area contributed by atoms with Gasteiger partial charge in [0.05, 0.1) is 5.69 Å². The van der Waals surface area contributed by atoms with Crippen molar-refractivity contribution >= 4 is 11.6 Å². The molecule has 0 aliphatic carbocycles. The van der Waals surface area contributed by atoms with Gasteiger partial charge >= 0.3 is 0 Å². The highest BCUT2D eigenvalue weighted by Crippen LogP contribution is 2.23. The molecule has 0 spiro atoms. The standard InChI is InChI=1S/C17H23N5O2/c1-13(24)15-4-5-17(18-9-15)21-7-2-3-14(10-21)11-22-12-16(6-8-23)19-20-22/h4-5,9,12,14,23H,2-3,6-8,10-11H2,1H3. The molecule has 128 valence electrons. The van der Waals surface area contributed by atoms with E-state index in [0.29, 0.717) is 17.9 Å². The van der Waals surface area contributed by atoms with Gasteiger partial charge in [-0.2, -0.15) is 0 Å². The van der Waals surface area contributed by atoms with Gasteiger partial charge < -0.3 is 10.0 Å². The van der Waals surface area contributed by atoms with Crippen LogP contribution in [0.4, 0.5) is 5.82 Å². The molecule has 1 atom stereocenters. The summed E-state index contributed by atoms with van der Waals surface area (Å²) in [5.74, 6) is 1.44. The van der Waals surface area contributed by atoms with Gasteiger partial charge in [0.2, 0.25) is 0 Å². The van der Waals surface area contributed by atoms with Gasteiger partial charge in [-0.3, -0.25) is 9.48 Å². The van der Waals surface area contributed by atoms with Crippen molar-refractivity contribution in [3.05, 3.63) is 35.8 Å². The summed E-state index contributed by atoms with van der Waals surface area (Å²) in [5, 5.41) is 17.2. The van der Waals surface area contributed by atoms with Gasteiger partial charge in [-0.1, -0.05) is 5.21 Å². The Morgan fingerprint density at radius 1 is 1.42 bits per heavy atom. The van der Waals surface area contributed by atoms with Crippen LogP contribution in [0.2, 0.25) is 0 Å². The zero-order valence-electron chi connectivity index (χ0n) is 13.9. The van der Waals surface area contributed by atoms with Crippen molar-refractivity contribution in [1.29, 1.82) is 0 Å². The summed E-state index contributed by atoms with van der Waals surface area (Å²) in [7, 11) is 0. The van der Waals surface area contributed by atoms with E-state index in [-0.39, 0.29) is 12.4 Å². The van der Waals surface area contributed by atoms with Gasteiger partial charge in [0.15, 0.2) is 5.78 Å². The number of hydrogen-bond donors (Lipinski definition) is 1. The van der Waals surface area contributed by atoms with E-state index in [1.54, 1.807) is 13.1 Å². The van der Waals surface area contributed by atoms with E-state index >= 15 is 0 Å². The number of carbonyl (C=O) groups excluding carboxylic acids is 1. The van der Waals surface area contributed by atoms with E-state index in [9.17, 15) is 4.79 Å². The third-order valence-electron chi connectivity index (χ3n) is 4.40. The molecular weight excluding hydrogens is 306 g/mol. The molecule has 0 amide bonds. The van der Waals surface area contributed by atoms with E-state index in [1.165, 1.54) is 0 Å². The number of aromatic nitrogens is 4. The second-order valence-electron chi connectivity index (χ2n) is 6.32. The van der Waals surface area contributed by atoms with E-state index in [0.717, 1.165) is 44.0 Å². The molecule has 1 aliphatic heterocycles. The first-order chi connectivity index (χ1) is 11.7. The lowest BCUT2D eigenvalue weighted by molar-refractivity contribution is 0.101. The molecule has 7 nitrogen and oxygen atoms in total. The number of aliphatic hydroxyl groups excluding tert-OH is 1. The molecular formula is C17H23N5O2. The number of pyridine rings is 1. The molecule has 3 heterocycles. The first-order valence-electron chi connectivity index (χ1n) is 8.37. The quantitative estimate of drug-likeness (QED) is 0.805. The molecule has 0 radical (unpaired) electrons. The van der Waals surface area contributed by atoms with Crippen molar-refractivity contribution < 1.29 is 9.90 Å². The van der Waals surface area contributed by atoms with Gasteiger partial charge in [-0.25, -0.2) is 4.98 Å². The van der Waals surface area contributed by atoms with Crippen LogP contribution in [0.3, 0.4) is 0 Å². The highest BCUT2D eigenvalue weighted by atomic mass is 16.3. The lowest BCUT2D eigenvalue weighted by Gasteiger charge is -2.33. The molecule has 1 fully saturated rings. The topological polar surface area (TPSA) is 84.1 Å². The van der Waals surface area contributed by atoms with Crippen LogP contribution in [0.15, 0.2) is 24.5 Å². The molecule has 0 saturated carbocycles. The molecule has 0 bridgehead atoms. The van der Waals surface area contributed by atoms with Crippen molar-refractivity contribution in [3.63, 3.8) is 0 Å². The zero-order chi connectivity index (χ0) is 16.9. The molecule has 7 heteroatoms. The SMILES string of the molecule is CC(=O)c1ccc(N2CCCC(Cn3cc(CCO)nn3)C2)nc1. The minimum Gasteiger partial charge on any atom is -0.396 e. The molecule has 1 saturated heterocycles. The first kappa shape index (κ1) is 16.6. The Labute approximate surface area is 141 Å². The maximum absolute atomic E-state index is 11.4. The van der Waals surface area contributed by atoms with Crippen LogP contribution in [0.1, 0.15) is 35.8 Å². The van der Waals surface area contributed by atoms with E-state index in [1.807, 2.05) is 23.0 Å². The van der Waals surface area contributed by atoms with Crippen molar-refractivity contribution in [1.82, 2.24) is 20.0 Å². The average molecular weight is 329 g/mol. The summed E-state index contributed by atoms with van der Waals surface area (Å²) >= 11 is 0. The van der Waals surface area contributed by atoms with Crippen LogP contribution in [-0.4, -0.2) is 50.6 Å². The molecule has 2 aromatic heterocycles. The van der Waals surface area contributed by atoms with E-state index < -0.39 is 0 Å². The normalized spacial score (nSPS) is 17.9. The summed E-state index contributed by atoms with van der Waals surface area (Å²) in [5.41, 5.74) is 1.47. The predicted molar refractivity (Wildman–Crippen MR) is 90.0 cm³/mol. The van der Waals surface area contributed by atoms with Crippen molar-refractivity contribution in [2.24, 2.45) is 5.92 Å². The number of carbonyl (C=O) groups is 1. The highest BCUT2D eigenvalue weighted by Gasteiger charge is 2.22. The van der Waals surface area contributed by atoms with Gasteiger partial charge in [0.25, 0.3) is 0 Å². The predicted octanol–water partition coefficient (Wildman–Crippen LogP) is 1.33. The Kier molecular flexibility index (Phi) is 5.20. The Bertz CT molecular complexity index is 683. The molecule has 2 aromatic rings. The van der Waals surface area contributed by atoms with Crippen LogP contribution in [0.5, 0.6) is 0 Å². The fourth-order valence-electron chi connectivity index (χ4n) is 3.12. The van der Waals surface area contributed by atoms with Crippen molar-refractivity contribution in [2.45, 2.75) is 32.7 Å². The lowest BCUT2D eigenvalue weighted by atomic mass is 9.98. The summed E-state index contributed by atoms with van der Waals surface area (Å²) in [6.07, 6.45) is 6.37. The number of anilines is 1. The lowest BCUT2D eigenvalue weighted by Crippen LogP contribution is -2.37. The monoisotopic (exact) mass is 329 g/mol. The van der Waals surface area contributed by atoms with Crippen LogP contribution >= 0.6 is 0 Å².